The number of aryl methyl sites for hydroxylation is 2. The summed E-state index contributed by atoms with van der Waals surface area (Å²) >= 11 is 0. The molecule has 130 valence electrons. The van der Waals surface area contributed by atoms with E-state index in [-0.39, 0.29) is 0 Å². The molecule has 3 rings (SSSR count). The molecule has 6 heteroatoms. The first-order valence-corrected chi connectivity index (χ1v) is 8.71. The van der Waals surface area contributed by atoms with Crippen LogP contribution >= 0.6 is 0 Å². The zero-order valence-electron chi connectivity index (χ0n) is 14.5. The van der Waals surface area contributed by atoms with Crippen molar-refractivity contribution < 1.29 is 8.94 Å². The lowest BCUT2D eigenvalue weighted by Gasteiger charge is -2.17. The van der Waals surface area contributed by atoms with Gasteiger partial charge in [-0.3, -0.25) is 0 Å². The first-order chi connectivity index (χ1) is 11.7. The molecule has 0 bridgehead atoms. The molecule has 1 aliphatic rings. The number of furan rings is 1. The van der Waals surface area contributed by atoms with Gasteiger partial charge in [0.05, 0.1) is 18.5 Å². The first kappa shape index (κ1) is 16.6. The fourth-order valence-corrected chi connectivity index (χ4v) is 3.06. The van der Waals surface area contributed by atoms with Crippen molar-refractivity contribution in [3.05, 3.63) is 41.2 Å². The molecule has 0 unspecified atom stereocenters. The lowest BCUT2D eigenvalue weighted by Crippen LogP contribution is -2.43. The van der Waals surface area contributed by atoms with Crippen LogP contribution < -0.4 is 10.6 Å². The van der Waals surface area contributed by atoms with Gasteiger partial charge in [0.1, 0.15) is 11.5 Å². The molecule has 0 aliphatic heterocycles. The number of nitrogens with one attached hydrogen (secondary N) is 2. The van der Waals surface area contributed by atoms with Gasteiger partial charge in [-0.2, -0.15) is 0 Å². The summed E-state index contributed by atoms with van der Waals surface area (Å²) in [6, 6.07) is 4.43. The molecule has 0 spiro atoms. The quantitative estimate of drug-likeness (QED) is 0.629. The minimum Gasteiger partial charge on any atom is -0.469 e. The van der Waals surface area contributed by atoms with Crippen molar-refractivity contribution in [3.63, 3.8) is 0 Å². The Morgan fingerprint density at radius 3 is 2.83 bits per heavy atom. The van der Waals surface area contributed by atoms with Crippen molar-refractivity contribution in [2.75, 3.05) is 6.54 Å². The van der Waals surface area contributed by atoms with E-state index in [1.165, 1.54) is 25.7 Å². The number of hydrogen-bond donors (Lipinski definition) is 2. The summed E-state index contributed by atoms with van der Waals surface area (Å²) in [5, 5.41) is 11.0. The molecule has 2 N–H and O–H groups in total. The first-order valence-electron chi connectivity index (χ1n) is 8.71. The predicted octanol–water partition coefficient (Wildman–Crippen LogP) is 3.10. The average molecular weight is 330 g/mol. The van der Waals surface area contributed by atoms with Crippen molar-refractivity contribution in [3.8, 4) is 0 Å². The third kappa shape index (κ3) is 4.40. The monoisotopic (exact) mass is 330 g/mol. The lowest BCUT2D eigenvalue weighted by atomic mass is 10.2. The third-order valence-corrected chi connectivity index (χ3v) is 4.52. The van der Waals surface area contributed by atoms with E-state index < -0.39 is 0 Å². The summed E-state index contributed by atoms with van der Waals surface area (Å²) in [5.41, 5.74) is 1.97. The Labute approximate surface area is 142 Å². The van der Waals surface area contributed by atoms with Crippen molar-refractivity contribution in [2.24, 2.45) is 4.99 Å². The number of hydrogen-bond acceptors (Lipinski definition) is 4. The molecule has 2 aromatic heterocycles. The minimum absolute atomic E-state index is 0.518. The van der Waals surface area contributed by atoms with E-state index in [0.717, 1.165) is 41.7 Å². The Bertz CT molecular complexity index is 635. The Balaban J connectivity index is 1.60. The number of aromatic nitrogens is 1. The van der Waals surface area contributed by atoms with E-state index in [1.807, 2.05) is 26.0 Å². The number of nitrogens with zero attached hydrogens (tertiary/aromatic N) is 2. The van der Waals surface area contributed by atoms with E-state index in [0.29, 0.717) is 12.6 Å². The molecule has 0 aromatic carbocycles. The molecule has 1 aliphatic carbocycles. The van der Waals surface area contributed by atoms with Crippen LogP contribution in [0.15, 0.2) is 32.3 Å². The molecule has 2 heterocycles. The third-order valence-electron chi connectivity index (χ3n) is 4.52. The second-order valence-corrected chi connectivity index (χ2v) is 6.35. The van der Waals surface area contributed by atoms with Crippen LogP contribution in [0, 0.1) is 13.8 Å². The van der Waals surface area contributed by atoms with Gasteiger partial charge < -0.3 is 19.6 Å². The molecule has 0 amide bonds. The molecule has 0 atom stereocenters. The number of aliphatic imine (C=N–C) groups is 1. The molecular formula is C18H26N4O2. The second kappa shape index (κ2) is 8.04. The molecule has 24 heavy (non-hydrogen) atoms. The van der Waals surface area contributed by atoms with Crippen LogP contribution in [0.1, 0.15) is 48.5 Å². The number of guanidine groups is 1. The molecule has 0 saturated heterocycles. The highest BCUT2D eigenvalue weighted by Crippen LogP contribution is 2.18. The Kier molecular flexibility index (Phi) is 5.56. The highest BCUT2D eigenvalue weighted by Gasteiger charge is 2.16. The second-order valence-electron chi connectivity index (χ2n) is 6.35. The summed E-state index contributed by atoms with van der Waals surface area (Å²) in [6.45, 7) is 5.24. The van der Waals surface area contributed by atoms with E-state index in [4.69, 9.17) is 13.9 Å². The van der Waals surface area contributed by atoms with Gasteiger partial charge in [-0.25, -0.2) is 4.99 Å². The van der Waals surface area contributed by atoms with Gasteiger partial charge >= 0.3 is 0 Å². The molecule has 1 saturated carbocycles. The largest absolute Gasteiger partial charge is 0.469 e. The topological polar surface area (TPSA) is 75.6 Å². The standard InChI is InChI=1S/C18H26N4O2/c1-13-17(14(2)24-22-13)12-20-18(21-15-6-3-4-7-15)19-10-9-16-8-5-11-23-16/h5,8,11,15H,3-4,6-7,9-10,12H2,1-2H3,(H2,19,20,21). The van der Waals surface area contributed by atoms with Gasteiger partial charge in [0.2, 0.25) is 0 Å². The van der Waals surface area contributed by atoms with Crippen LogP contribution in [-0.2, 0) is 13.0 Å². The predicted molar refractivity (Wildman–Crippen MR) is 92.9 cm³/mol. The summed E-state index contributed by atoms with van der Waals surface area (Å²) in [6.07, 6.45) is 7.55. The van der Waals surface area contributed by atoms with Gasteiger partial charge in [-0.05, 0) is 38.8 Å². The smallest absolute Gasteiger partial charge is 0.191 e. The van der Waals surface area contributed by atoms with Crippen LogP contribution in [0.25, 0.3) is 0 Å². The van der Waals surface area contributed by atoms with Crippen LogP contribution in [-0.4, -0.2) is 23.7 Å². The van der Waals surface area contributed by atoms with Gasteiger partial charge in [0.25, 0.3) is 0 Å². The van der Waals surface area contributed by atoms with Crippen LogP contribution in [0.3, 0.4) is 0 Å². The maximum absolute atomic E-state index is 5.38. The molecule has 1 fully saturated rings. The fraction of sp³-hybridized carbons (Fsp3) is 0.556. The summed E-state index contributed by atoms with van der Waals surface area (Å²) in [5.74, 6) is 2.67. The average Bonchev–Trinajstić information content (AvgIpc) is 3.30. The molecule has 6 nitrogen and oxygen atoms in total. The molecular weight excluding hydrogens is 304 g/mol. The minimum atomic E-state index is 0.518. The van der Waals surface area contributed by atoms with Crippen molar-refractivity contribution >= 4 is 5.96 Å². The van der Waals surface area contributed by atoms with E-state index >= 15 is 0 Å². The van der Waals surface area contributed by atoms with Gasteiger partial charge in [0.15, 0.2) is 5.96 Å². The van der Waals surface area contributed by atoms with Gasteiger partial charge in [0, 0.05) is 24.6 Å². The zero-order chi connectivity index (χ0) is 16.8. The van der Waals surface area contributed by atoms with E-state index in [1.54, 1.807) is 6.26 Å². The SMILES string of the molecule is Cc1noc(C)c1CN=C(NCCc1ccco1)NC1CCCC1. The van der Waals surface area contributed by atoms with Crippen LogP contribution in [0.5, 0.6) is 0 Å². The maximum atomic E-state index is 5.38. The summed E-state index contributed by atoms with van der Waals surface area (Å²) in [7, 11) is 0. The van der Waals surface area contributed by atoms with Crippen molar-refractivity contribution in [2.45, 2.75) is 58.5 Å². The Hall–Kier alpha value is -2.24. The van der Waals surface area contributed by atoms with Crippen LogP contribution in [0.4, 0.5) is 0 Å². The van der Waals surface area contributed by atoms with Crippen molar-refractivity contribution in [1.82, 2.24) is 15.8 Å². The number of rotatable bonds is 6. The van der Waals surface area contributed by atoms with Gasteiger partial charge in [-0.1, -0.05) is 18.0 Å². The normalized spacial score (nSPS) is 15.8. The van der Waals surface area contributed by atoms with E-state index in [2.05, 4.69) is 15.8 Å². The van der Waals surface area contributed by atoms with Crippen molar-refractivity contribution in [1.29, 1.82) is 0 Å². The summed E-state index contributed by atoms with van der Waals surface area (Å²) < 4.78 is 10.6. The Morgan fingerprint density at radius 1 is 1.33 bits per heavy atom. The molecule has 2 aromatic rings. The zero-order valence-corrected chi connectivity index (χ0v) is 14.5. The lowest BCUT2D eigenvalue weighted by molar-refractivity contribution is 0.392. The maximum Gasteiger partial charge on any atom is 0.191 e. The van der Waals surface area contributed by atoms with Crippen LogP contribution in [0.2, 0.25) is 0 Å². The molecule has 0 radical (unpaired) electrons. The fourth-order valence-electron chi connectivity index (χ4n) is 3.06. The highest BCUT2D eigenvalue weighted by molar-refractivity contribution is 5.80. The summed E-state index contributed by atoms with van der Waals surface area (Å²) in [4.78, 5) is 4.73. The highest BCUT2D eigenvalue weighted by atomic mass is 16.5. The Morgan fingerprint density at radius 2 is 2.17 bits per heavy atom. The van der Waals surface area contributed by atoms with Gasteiger partial charge in [-0.15, -0.1) is 0 Å². The van der Waals surface area contributed by atoms with E-state index in [9.17, 15) is 0 Å².